The number of carbonyl (C=O) groups is 2. The van der Waals surface area contributed by atoms with Gasteiger partial charge in [0.25, 0.3) is 0 Å². The number of nitriles is 1. The second-order valence-corrected chi connectivity index (χ2v) is 2.65. The van der Waals surface area contributed by atoms with Crippen molar-refractivity contribution in [1.29, 1.82) is 5.26 Å². The van der Waals surface area contributed by atoms with E-state index in [1.807, 2.05) is 0 Å². The third-order valence-corrected chi connectivity index (χ3v) is 1.76. The van der Waals surface area contributed by atoms with Crippen molar-refractivity contribution in [3.63, 3.8) is 0 Å². The van der Waals surface area contributed by atoms with Gasteiger partial charge in [-0.05, 0) is 12.1 Å². The van der Waals surface area contributed by atoms with Crippen LogP contribution in [0.1, 0.15) is 26.3 Å². The second-order valence-electron chi connectivity index (χ2n) is 2.65. The van der Waals surface area contributed by atoms with Crippen molar-refractivity contribution >= 4 is 12.3 Å². The maximum atomic E-state index is 13.3. The number of hydrogen-bond acceptors (Lipinski definition) is 4. The number of nitrogens with zero attached hydrogens (tertiary/aromatic N) is 1. The van der Waals surface area contributed by atoms with Gasteiger partial charge in [0, 0.05) is 5.56 Å². The standard InChI is InChI=1S/C10H6FNO3/c1-15-10(14)9-7(4-12)2-6(5-13)3-8(9)11/h2-3,5H,1H3. The highest BCUT2D eigenvalue weighted by Gasteiger charge is 2.18. The van der Waals surface area contributed by atoms with Crippen molar-refractivity contribution in [2.45, 2.75) is 0 Å². The van der Waals surface area contributed by atoms with Gasteiger partial charge < -0.3 is 4.74 Å². The Bertz CT molecular complexity index is 462. The van der Waals surface area contributed by atoms with Crippen LogP contribution < -0.4 is 0 Å². The molecule has 1 aromatic rings. The summed E-state index contributed by atoms with van der Waals surface area (Å²) >= 11 is 0. The second kappa shape index (κ2) is 4.33. The van der Waals surface area contributed by atoms with Crippen molar-refractivity contribution in [1.82, 2.24) is 0 Å². The van der Waals surface area contributed by atoms with Crippen molar-refractivity contribution in [2.24, 2.45) is 0 Å². The minimum atomic E-state index is -0.943. The first-order chi connectivity index (χ1) is 7.13. The highest BCUT2D eigenvalue weighted by molar-refractivity contribution is 5.93. The van der Waals surface area contributed by atoms with E-state index in [1.165, 1.54) is 0 Å². The van der Waals surface area contributed by atoms with Crippen molar-refractivity contribution in [3.05, 3.63) is 34.6 Å². The first kappa shape index (κ1) is 10.9. The molecule has 1 aromatic carbocycles. The number of ether oxygens (including phenoxy) is 1. The van der Waals surface area contributed by atoms with Gasteiger partial charge in [-0.25, -0.2) is 9.18 Å². The first-order valence-electron chi connectivity index (χ1n) is 3.91. The van der Waals surface area contributed by atoms with E-state index >= 15 is 0 Å². The molecular formula is C10H6FNO3. The summed E-state index contributed by atoms with van der Waals surface area (Å²) < 4.78 is 17.6. The third-order valence-electron chi connectivity index (χ3n) is 1.76. The van der Waals surface area contributed by atoms with E-state index < -0.39 is 17.3 Å². The number of benzene rings is 1. The van der Waals surface area contributed by atoms with E-state index in [9.17, 15) is 14.0 Å². The van der Waals surface area contributed by atoms with Crippen LogP contribution in [0.3, 0.4) is 0 Å². The molecule has 0 saturated heterocycles. The summed E-state index contributed by atoms with van der Waals surface area (Å²) in [6.07, 6.45) is 0.394. The van der Waals surface area contributed by atoms with Crippen molar-refractivity contribution < 1.29 is 18.7 Å². The number of halogens is 1. The largest absolute Gasteiger partial charge is 0.465 e. The molecule has 0 aliphatic carbocycles. The Morgan fingerprint density at radius 2 is 2.27 bits per heavy atom. The van der Waals surface area contributed by atoms with Gasteiger partial charge in [0.2, 0.25) is 0 Å². The lowest BCUT2D eigenvalue weighted by Gasteiger charge is -2.03. The summed E-state index contributed by atoms with van der Waals surface area (Å²) in [6, 6.07) is 3.63. The zero-order valence-corrected chi connectivity index (χ0v) is 7.78. The van der Waals surface area contributed by atoms with Gasteiger partial charge in [-0.15, -0.1) is 0 Å². The molecule has 0 heterocycles. The normalized spacial score (nSPS) is 9.13. The first-order valence-corrected chi connectivity index (χ1v) is 3.91. The fraction of sp³-hybridized carbons (Fsp3) is 0.100. The van der Waals surface area contributed by atoms with Crippen LogP contribution in [0.2, 0.25) is 0 Å². The Morgan fingerprint density at radius 1 is 1.60 bits per heavy atom. The van der Waals surface area contributed by atoms with E-state index in [2.05, 4.69) is 4.74 Å². The summed E-state index contributed by atoms with van der Waals surface area (Å²) in [5, 5.41) is 8.67. The van der Waals surface area contributed by atoms with Crippen LogP contribution >= 0.6 is 0 Å². The highest BCUT2D eigenvalue weighted by Crippen LogP contribution is 2.16. The van der Waals surface area contributed by atoms with E-state index in [4.69, 9.17) is 5.26 Å². The lowest BCUT2D eigenvalue weighted by Crippen LogP contribution is -2.08. The minimum absolute atomic E-state index is 0.00305. The molecule has 0 spiro atoms. The molecule has 0 fully saturated rings. The number of carbonyl (C=O) groups excluding carboxylic acids is 2. The van der Waals surface area contributed by atoms with Gasteiger partial charge >= 0.3 is 5.97 Å². The molecule has 0 aliphatic heterocycles. The smallest absolute Gasteiger partial charge is 0.342 e. The molecular weight excluding hydrogens is 201 g/mol. The van der Waals surface area contributed by atoms with Gasteiger partial charge in [-0.1, -0.05) is 0 Å². The fourth-order valence-corrected chi connectivity index (χ4v) is 1.09. The maximum absolute atomic E-state index is 13.3. The quantitative estimate of drug-likeness (QED) is 0.541. The molecule has 0 radical (unpaired) electrons. The van der Waals surface area contributed by atoms with Crippen LogP contribution in [0.5, 0.6) is 0 Å². The van der Waals surface area contributed by atoms with Crippen LogP contribution in [0.4, 0.5) is 4.39 Å². The number of aldehydes is 1. The van der Waals surface area contributed by atoms with E-state index in [-0.39, 0.29) is 11.1 Å². The van der Waals surface area contributed by atoms with Gasteiger partial charge in [-0.2, -0.15) is 5.26 Å². The average molecular weight is 207 g/mol. The molecule has 0 N–H and O–H groups in total. The van der Waals surface area contributed by atoms with Crippen molar-refractivity contribution in [2.75, 3.05) is 7.11 Å². The zero-order chi connectivity index (χ0) is 11.4. The Balaban J connectivity index is 3.45. The van der Waals surface area contributed by atoms with Crippen molar-refractivity contribution in [3.8, 4) is 6.07 Å². The summed E-state index contributed by atoms with van der Waals surface area (Å²) in [4.78, 5) is 21.5. The average Bonchev–Trinajstić information content (AvgIpc) is 2.26. The Hall–Kier alpha value is -2.22. The number of methoxy groups -OCH3 is 1. The van der Waals surface area contributed by atoms with Crippen LogP contribution in [0, 0.1) is 17.1 Å². The molecule has 0 aliphatic rings. The monoisotopic (exact) mass is 207 g/mol. The Morgan fingerprint density at radius 3 is 2.73 bits per heavy atom. The SMILES string of the molecule is COC(=O)c1c(F)cc(C=O)cc1C#N. The molecule has 0 bridgehead atoms. The molecule has 5 heteroatoms. The van der Waals surface area contributed by atoms with Crippen LogP contribution in [-0.2, 0) is 4.74 Å². The zero-order valence-electron chi connectivity index (χ0n) is 7.78. The van der Waals surface area contributed by atoms with Gasteiger partial charge in [0.05, 0.1) is 12.7 Å². The number of hydrogen-bond donors (Lipinski definition) is 0. The topological polar surface area (TPSA) is 67.2 Å². The molecule has 0 amide bonds. The van der Waals surface area contributed by atoms with Crippen LogP contribution in [0.25, 0.3) is 0 Å². The van der Waals surface area contributed by atoms with Gasteiger partial charge in [0.15, 0.2) is 0 Å². The summed E-state index contributed by atoms with van der Waals surface area (Å²) in [5.41, 5.74) is -0.675. The number of rotatable bonds is 2. The predicted molar refractivity (Wildman–Crippen MR) is 47.8 cm³/mol. The highest BCUT2D eigenvalue weighted by atomic mass is 19.1. The van der Waals surface area contributed by atoms with E-state index in [0.29, 0.717) is 6.29 Å². The molecule has 1 rings (SSSR count). The van der Waals surface area contributed by atoms with Crippen LogP contribution in [0.15, 0.2) is 12.1 Å². The molecule has 76 valence electrons. The van der Waals surface area contributed by atoms with Gasteiger partial charge in [-0.3, -0.25) is 4.79 Å². The summed E-state index contributed by atoms with van der Waals surface area (Å²) in [6.45, 7) is 0. The van der Waals surface area contributed by atoms with Gasteiger partial charge in [0.1, 0.15) is 23.7 Å². The minimum Gasteiger partial charge on any atom is -0.465 e. The molecule has 15 heavy (non-hydrogen) atoms. The molecule has 0 aromatic heterocycles. The Kier molecular flexibility index (Phi) is 3.13. The van der Waals surface area contributed by atoms with E-state index in [0.717, 1.165) is 19.2 Å². The third kappa shape index (κ3) is 1.99. The van der Waals surface area contributed by atoms with E-state index in [1.54, 1.807) is 6.07 Å². The molecule has 4 nitrogen and oxygen atoms in total. The molecule has 0 unspecified atom stereocenters. The fourth-order valence-electron chi connectivity index (χ4n) is 1.09. The lowest BCUT2D eigenvalue weighted by molar-refractivity contribution is 0.0595. The molecule has 0 atom stereocenters. The summed E-state index contributed by atoms with van der Waals surface area (Å²) in [5.74, 6) is -1.88. The maximum Gasteiger partial charge on any atom is 0.342 e. The lowest BCUT2D eigenvalue weighted by atomic mass is 10.0. The summed E-state index contributed by atoms with van der Waals surface area (Å²) in [7, 11) is 1.08. The Labute approximate surface area is 84.9 Å². The number of esters is 1. The van der Waals surface area contributed by atoms with Crippen LogP contribution in [-0.4, -0.2) is 19.4 Å². The molecule has 0 saturated carbocycles. The predicted octanol–water partition coefficient (Wildman–Crippen LogP) is 1.30.